The zero-order chi connectivity index (χ0) is 8.36. The molecule has 1 atom stereocenters. The lowest BCUT2D eigenvalue weighted by Gasteiger charge is -2.14. The topological polar surface area (TPSA) is 26.0 Å². The van der Waals surface area contributed by atoms with Gasteiger partial charge in [0.25, 0.3) is 0 Å². The molecule has 0 aromatic rings. The quantitative estimate of drug-likeness (QED) is 0.602. The van der Waals surface area contributed by atoms with Crippen LogP contribution in [-0.2, 0) is 0 Å². The second-order valence-corrected chi connectivity index (χ2v) is 2.31. The van der Waals surface area contributed by atoms with Crippen molar-refractivity contribution in [3.05, 3.63) is 12.2 Å². The van der Waals surface area contributed by atoms with E-state index in [4.69, 9.17) is 5.73 Å². The Balaban J connectivity index is 3.85. The second-order valence-electron chi connectivity index (χ2n) is 2.31. The van der Waals surface area contributed by atoms with Crippen LogP contribution >= 0.6 is 0 Å². The van der Waals surface area contributed by atoms with Gasteiger partial charge in [-0.05, 0) is 13.3 Å². The van der Waals surface area contributed by atoms with E-state index in [1.807, 2.05) is 0 Å². The summed E-state index contributed by atoms with van der Waals surface area (Å²) < 4.78 is 34.9. The van der Waals surface area contributed by atoms with Gasteiger partial charge in [-0.15, -0.1) is 6.58 Å². The van der Waals surface area contributed by atoms with Crippen LogP contribution in [-0.4, -0.2) is 12.2 Å². The van der Waals surface area contributed by atoms with Gasteiger partial charge in [0, 0.05) is 0 Å². The Morgan fingerprint density at radius 3 is 2.10 bits per heavy atom. The summed E-state index contributed by atoms with van der Waals surface area (Å²) in [4.78, 5) is 0. The summed E-state index contributed by atoms with van der Waals surface area (Å²) in [6.45, 7) is 4.85. The fourth-order valence-electron chi connectivity index (χ4n) is 0.491. The highest BCUT2D eigenvalue weighted by molar-refractivity contribution is 4.93. The van der Waals surface area contributed by atoms with Gasteiger partial charge in [0.15, 0.2) is 0 Å². The van der Waals surface area contributed by atoms with Crippen LogP contribution in [0.15, 0.2) is 12.2 Å². The molecule has 4 heteroatoms. The van der Waals surface area contributed by atoms with Crippen LogP contribution in [0.3, 0.4) is 0 Å². The summed E-state index contributed by atoms with van der Waals surface area (Å²) in [5.74, 6) is 0. The van der Waals surface area contributed by atoms with E-state index in [9.17, 15) is 13.2 Å². The fraction of sp³-hybridized carbons (Fsp3) is 0.667. The molecule has 0 fully saturated rings. The van der Waals surface area contributed by atoms with E-state index >= 15 is 0 Å². The molecule has 2 N–H and O–H groups in total. The van der Waals surface area contributed by atoms with Crippen molar-refractivity contribution in [2.45, 2.75) is 25.6 Å². The van der Waals surface area contributed by atoms with Crippen LogP contribution in [0, 0.1) is 0 Å². The Kier molecular flexibility index (Phi) is 2.90. The third kappa shape index (κ3) is 3.50. The highest BCUT2D eigenvalue weighted by atomic mass is 19.4. The molecule has 10 heavy (non-hydrogen) atoms. The van der Waals surface area contributed by atoms with E-state index in [1.165, 1.54) is 6.92 Å². The van der Waals surface area contributed by atoms with Crippen LogP contribution in [0.4, 0.5) is 13.2 Å². The van der Waals surface area contributed by atoms with Crippen molar-refractivity contribution >= 4 is 0 Å². The summed E-state index contributed by atoms with van der Waals surface area (Å²) in [5.41, 5.74) is 5.21. The normalized spacial score (nSPS) is 14.9. The summed E-state index contributed by atoms with van der Waals surface area (Å²) in [6.07, 6.45) is -4.48. The van der Waals surface area contributed by atoms with Crippen molar-refractivity contribution in [3.63, 3.8) is 0 Å². The van der Waals surface area contributed by atoms with Crippen LogP contribution in [0.25, 0.3) is 0 Å². The van der Waals surface area contributed by atoms with Crippen LogP contribution < -0.4 is 5.73 Å². The van der Waals surface area contributed by atoms with Gasteiger partial charge in [-0.25, -0.2) is 0 Å². The molecule has 0 aliphatic carbocycles. The number of halogens is 3. The van der Waals surface area contributed by atoms with E-state index in [0.29, 0.717) is 5.57 Å². The first-order valence-electron chi connectivity index (χ1n) is 2.80. The monoisotopic (exact) mass is 153 g/mol. The molecule has 0 aliphatic heterocycles. The van der Waals surface area contributed by atoms with Gasteiger partial charge in [-0.3, -0.25) is 0 Å². The van der Waals surface area contributed by atoms with E-state index in [2.05, 4.69) is 6.58 Å². The van der Waals surface area contributed by atoms with Crippen molar-refractivity contribution in [2.24, 2.45) is 5.73 Å². The number of rotatable bonds is 2. The molecule has 1 nitrogen and oxygen atoms in total. The molecule has 0 bridgehead atoms. The van der Waals surface area contributed by atoms with Crippen molar-refractivity contribution in [1.29, 1.82) is 0 Å². The molecular formula is C6H10F3N. The van der Waals surface area contributed by atoms with Crippen molar-refractivity contribution < 1.29 is 13.2 Å². The largest absolute Gasteiger partial charge is 0.403 e. The molecule has 60 valence electrons. The molecule has 0 spiro atoms. The van der Waals surface area contributed by atoms with Crippen LogP contribution in [0.2, 0.25) is 0 Å². The van der Waals surface area contributed by atoms with Crippen LogP contribution in [0.1, 0.15) is 13.3 Å². The molecule has 0 saturated heterocycles. The predicted molar refractivity (Wildman–Crippen MR) is 33.5 cm³/mol. The lowest BCUT2D eigenvalue weighted by molar-refractivity contribution is -0.147. The fourth-order valence-corrected chi connectivity index (χ4v) is 0.491. The highest BCUT2D eigenvalue weighted by Gasteiger charge is 2.36. The Bertz CT molecular complexity index is 127. The first-order valence-corrected chi connectivity index (χ1v) is 2.80. The molecular weight excluding hydrogens is 143 g/mol. The molecule has 0 radical (unpaired) electrons. The lowest BCUT2D eigenvalue weighted by Crippen LogP contribution is -2.37. The van der Waals surface area contributed by atoms with E-state index in [0.717, 1.165) is 0 Å². The van der Waals surface area contributed by atoms with E-state index < -0.39 is 12.2 Å². The summed E-state index contributed by atoms with van der Waals surface area (Å²) in [7, 11) is 0. The molecule has 0 rings (SSSR count). The van der Waals surface area contributed by atoms with Gasteiger partial charge in [-0.2, -0.15) is 13.2 Å². The summed E-state index contributed by atoms with van der Waals surface area (Å²) in [6, 6.07) is -1.76. The van der Waals surface area contributed by atoms with E-state index in [1.54, 1.807) is 0 Å². The standard InChI is InChI=1S/C6H10F3N/c1-4(2)3-5(10)6(7,8)9/h5H,1,3,10H2,2H3/t5-/m0/s1. The summed E-state index contributed by atoms with van der Waals surface area (Å²) >= 11 is 0. The van der Waals surface area contributed by atoms with Gasteiger partial charge in [0.05, 0.1) is 0 Å². The van der Waals surface area contributed by atoms with Crippen molar-refractivity contribution in [2.75, 3.05) is 0 Å². The first-order chi connectivity index (χ1) is 4.34. The van der Waals surface area contributed by atoms with Gasteiger partial charge >= 0.3 is 6.18 Å². The third-order valence-corrected chi connectivity index (χ3v) is 0.989. The summed E-state index contributed by atoms with van der Waals surface area (Å²) in [5, 5.41) is 0. The Morgan fingerprint density at radius 1 is 1.60 bits per heavy atom. The van der Waals surface area contributed by atoms with Crippen molar-refractivity contribution in [1.82, 2.24) is 0 Å². The van der Waals surface area contributed by atoms with Gasteiger partial charge < -0.3 is 5.73 Å². The van der Waals surface area contributed by atoms with E-state index in [-0.39, 0.29) is 6.42 Å². The maximum atomic E-state index is 11.6. The minimum absolute atomic E-state index is 0.191. The van der Waals surface area contributed by atoms with Crippen LogP contribution in [0.5, 0.6) is 0 Å². The molecule has 0 aromatic heterocycles. The molecule has 0 unspecified atom stereocenters. The zero-order valence-corrected chi connectivity index (χ0v) is 5.70. The SMILES string of the molecule is C=C(C)C[C@H](N)C(F)(F)F. The molecule has 0 saturated carbocycles. The average Bonchev–Trinajstić information content (AvgIpc) is 1.60. The van der Waals surface area contributed by atoms with Gasteiger partial charge in [0.1, 0.15) is 6.04 Å². The highest BCUT2D eigenvalue weighted by Crippen LogP contribution is 2.22. The Hall–Kier alpha value is -0.510. The molecule has 0 heterocycles. The average molecular weight is 153 g/mol. The Labute approximate surface area is 57.7 Å². The predicted octanol–water partition coefficient (Wildman–Crippen LogP) is 1.84. The van der Waals surface area contributed by atoms with Gasteiger partial charge in [-0.1, -0.05) is 5.57 Å². The second kappa shape index (κ2) is 3.05. The minimum Gasteiger partial charge on any atom is -0.320 e. The first kappa shape index (κ1) is 9.49. The Morgan fingerprint density at radius 2 is 2.00 bits per heavy atom. The molecule has 0 amide bonds. The lowest BCUT2D eigenvalue weighted by atomic mass is 10.1. The third-order valence-electron chi connectivity index (χ3n) is 0.989. The number of hydrogen-bond donors (Lipinski definition) is 1. The molecule has 0 aliphatic rings. The zero-order valence-electron chi connectivity index (χ0n) is 5.70. The van der Waals surface area contributed by atoms with Gasteiger partial charge in [0.2, 0.25) is 0 Å². The molecule has 0 aromatic carbocycles. The maximum absolute atomic E-state index is 11.6. The smallest absolute Gasteiger partial charge is 0.320 e. The number of hydrogen-bond acceptors (Lipinski definition) is 1. The van der Waals surface area contributed by atoms with Crippen molar-refractivity contribution in [3.8, 4) is 0 Å². The number of nitrogens with two attached hydrogens (primary N) is 1. The minimum atomic E-state index is -4.29. The number of alkyl halides is 3. The maximum Gasteiger partial charge on any atom is 0.403 e.